The van der Waals surface area contributed by atoms with Crippen LogP contribution in [-0.4, -0.2) is 18.9 Å². The second-order valence-electron chi connectivity index (χ2n) is 4.97. The highest BCUT2D eigenvalue weighted by atomic mass is 35.5. The number of benzene rings is 1. The number of hydrogen-bond donors (Lipinski definition) is 0. The molecule has 2 aromatic heterocycles. The summed E-state index contributed by atoms with van der Waals surface area (Å²) in [6.45, 7) is 3.99. The molecule has 0 amide bonds. The highest BCUT2D eigenvalue weighted by molar-refractivity contribution is 6.30. The maximum atomic E-state index is 12.2. The van der Waals surface area contributed by atoms with E-state index < -0.39 is 5.69 Å². The molecule has 7 heteroatoms. The minimum atomic E-state index is -0.417. The highest BCUT2D eigenvalue weighted by Crippen LogP contribution is 2.18. The van der Waals surface area contributed by atoms with Crippen LogP contribution in [0, 0.1) is 0 Å². The summed E-state index contributed by atoms with van der Waals surface area (Å²) in [5.41, 5.74) is 0.928. The monoisotopic (exact) mass is 316 g/mol. The van der Waals surface area contributed by atoms with E-state index in [0.29, 0.717) is 21.8 Å². The Kier molecular flexibility index (Phi) is 3.26. The quantitative estimate of drug-likeness (QED) is 0.721. The van der Waals surface area contributed by atoms with Crippen LogP contribution in [0.25, 0.3) is 16.7 Å². The van der Waals surface area contributed by atoms with Crippen LogP contribution in [0.15, 0.2) is 46.6 Å². The van der Waals surface area contributed by atoms with E-state index in [1.807, 2.05) is 12.1 Å². The fourth-order valence-electron chi connectivity index (χ4n) is 2.26. The number of fused-ring (bicyclic) bond motifs is 1. The third-order valence-corrected chi connectivity index (χ3v) is 3.83. The SMILES string of the molecule is C=C(c1ccc(Cl)cc1)n1cc2c(=O)n(C)c(=O)n(C)c2n1. The van der Waals surface area contributed by atoms with Gasteiger partial charge in [0, 0.05) is 25.3 Å². The van der Waals surface area contributed by atoms with E-state index in [1.165, 1.54) is 16.3 Å². The molecule has 112 valence electrons. The number of aromatic nitrogens is 4. The van der Waals surface area contributed by atoms with Crippen LogP contribution < -0.4 is 11.2 Å². The second kappa shape index (κ2) is 4.99. The topological polar surface area (TPSA) is 61.8 Å². The maximum absolute atomic E-state index is 12.2. The Bertz CT molecular complexity index is 1010. The van der Waals surface area contributed by atoms with Gasteiger partial charge in [-0.3, -0.25) is 13.9 Å². The van der Waals surface area contributed by atoms with Crippen LogP contribution >= 0.6 is 11.6 Å². The van der Waals surface area contributed by atoms with E-state index in [1.54, 1.807) is 25.4 Å². The van der Waals surface area contributed by atoms with E-state index in [4.69, 9.17) is 11.6 Å². The normalized spacial score (nSPS) is 11.0. The van der Waals surface area contributed by atoms with Crippen molar-refractivity contribution < 1.29 is 0 Å². The van der Waals surface area contributed by atoms with Gasteiger partial charge >= 0.3 is 5.69 Å². The molecule has 0 aliphatic carbocycles. The Labute approximate surface area is 130 Å². The van der Waals surface area contributed by atoms with Gasteiger partial charge in [-0.1, -0.05) is 30.3 Å². The van der Waals surface area contributed by atoms with Gasteiger partial charge in [0.15, 0.2) is 5.65 Å². The van der Waals surface area contributed by atoms with Crippen molar-refractivity contribution >= 4 is 28.3 Å². The zero-order valence-corrected chi connectivity index (χ0v) is 12.8. The predicted octanol–water partition coefficient (Wildman–Crippen LogP) is 1.61. The molecule has 0 spiro atoms. The molecule has 0 aliphatic rings. The summed E-state index contributed by atoms with van der Waals surface area (Å²) in [7, 11) is 3.02. The molecule has 3 aromatic rings. The van der Waals surface area contributed by atoms with E-state index in [9.17, 15) is 9.59 Å². The fraction of sp³-hybridized carbons (Fsp3) is 0.133. The molecule has 0 saturated carbocycles. The minimum Gasteiger partial charge on any atom is -0.279 e. The van der Waals surface area contributed by atoms with Crippen molar-refractivity contribution in [2.75, 3.05) is 0 Å². The number of hydrogen-bond acceptors (Lipinski definition) is 3. The van der Waals surface area contributed by atoms with Crippen molar-refractivity contribution in [3.63, 3.8) is 0 Å². The Morgan fingerprint density at radius 2 is 1.77 bits per heavy atom. The lowest BCUT2D eigenvalue weighted by Crippen LogP contribution is -2.36. The average molecular weight is 317 g/mol. The fourth-order valence-corrected chi connectivity index (χ4v) is 2.39. The molecule has 0 radical (unpaired) electrons. The first-order valence-electron chi connectivity index (χ1n) is 6.51. The van der Waals surface area contributed by atoms with Gasteiger partial charge in [0.2, 0.25) is 0 Å². The van der Waals surface area contributed by atoms with Gasteiger partial charge < -0.3 is 0 Å². The number of aryl methyl sites for hydroxylation is 1. The Morgan fingerprint density at radius 3 is 2.41 bits per heavy atom. The molecule has 0 atom stereocenters. The summed E-state index contributed by atoms with van der Waals surface area (Å²) in [6, 6.07) is 7.13. The molecule has 0 aliphatic heterocycles. The van der Waals surface area contributed by atoms with Crippen LogP contribution in [-0.2, 0) is 14.1 Å². The third kappa shape index (κ3) is 2.08. The Hall–Kier alpha value is -2.60. The first kappa shape index (κ1) is 14.3. The molecule has 0 unspecified atom stereocenters. The number of rotatable bonds is 2. The van der Waals surface area contributed by atoms with E-state index in [2.05, 4.69) is 11.7 Å². The lowest BCUT2D eigenvalue weighted by molar-refractivity contribution is 0.706. The highest BCUT2D eigenvalue weighted by Gasteiger charge is 2.14. The molecule has 0 bridgehead atoms. The minimum absolute atomic E-state index is 0.322. The number of nitrogens with zero attached hydrogens (tertiary/aromatic N) is 4. The van der Waals surface area contributed by atoms with Crippen molar-refractivity contribution in [3.05, 3.63) is 68.5 Å². The standard InChI is InChI=1S/C15H13ClN4O2/c1-9(10-4-6-11(16)7-5-10)20-8-12-13(17-20)18(2)15(22)19(3)14(12)21/h4-8H,1H2,2-3H3. The van der Waals surface area contributed by atoms with Gasteiger partial charge in [-0.05, 0) is 17.7 Å². The molecule has 6 nitrogen and oxygen atoms in total. The lowest BCUT2D eigenvalue weighted by Gasteiger charge is -2.05. The predicted molar refractivity (Wildman–Crippen MR) is 86.1 cm³/mol. The van der Waals surface area contributed by atoms with E-state index >= 15 is 0 Å². The smallest absolute Gasteiger partial charge is 0.279 e. The maximum Gasteiger partial charge on any atom is 0.332 e. The summed E-state index contributed by atoms with van der Waals surface area (Å²) >= 11 is 5.87. The van der Waals surface area contributed by atoms with Gasteiger partial charge in [-0.2, -0.15) is 0 Å². The lowest BCUT2D eigenvalue weighted by atomic mass is 10.2. The average Bonchev–Trinajstić information content (AvgIpc) is 2.96. The largest absolute Gasteiger partial charge is 0.332 e. The molecule has 3 rings (SSSR count). The molecule has 0 saturated heterocycles. The van der Waals surface area contributed by atoms with Crippen molar-refractivity contribution in [2.24, 2.45) is 14.1 Å². The second-order valence-corrected chi connectivity index (χ2v) is 5.41. The summed E-state index contributed by atoms with van der Waals surface area (Å²) in [6.07, 6.45) is 1.58. The summed E-state index contributed by atoms with van der Waals surface area (Å²) in [4.78, 5) is 24.1. The van der Waals surface area contributed by atoms with Crippen LogP contribution in [0.4, 0.5) is 0 Å². The van der Waals surface area contributed by atoms with Crippen LogP contribution in [0.5, 0.6) is 0 Å². The van der Waals surface area contributed by atoms with Crippen molar-refractivity contribution in [3.8, 4) is 0 Å². The van der Waals surface area contributed by atoms with Gasteiger partial charge in [0.1, 0.15) is 5.39 Å². The van der Waals surface area contributed by atoms with Crippen molar-refractivity contribution in [1.29, 1.82) is 0 Å². The van der Waals surface area contributed by atoms with Gasteiger partial charge in [0.05, 0.1) is 5.70 Å². The Morgan fingerprint density at radius 1 is 1.14 bits per heavy atom. The summed E-state index contributed by atoms with van der Waals surface area (Å²) in [5, 5.41) is 5.29. The number of halogens is 1. The first-order chi connectivity index (χ1) is 10.4. The zero-order valence-electron chi connectivity index (χ0n) is 12.1. The molecule has 22 heavy (non-hydrogen) atoms. The first-order valence-corrected chi connectivity index (χ1v) is 6.88. The van der Waals surface area contributed by atoms with E-state index in [0.717, 1.165) is 10.1 Å². The van der Waals surface area contributed by atoms with Gasteiger partial charge in [-0.15, -0.1) is 5.10 Å². The van der Waals surface area contributed by atoms with E-state index in [-0.39, 0.29) is 5.56 Å². The van der Waals surface area contributed by atoms with Crippen LogP contribution in [0.1, 0.15) is 5.56 Å². The summed E-state index contributed by atoms with van der Waals surface area (Å²) in [5.74, 6) is 0. The Balaban J connectivity index is 2.21. The van der Waals surface area contributed by atoms with Gasteiger partial charge in [0.25, 0.3) is 5.56 Å². The molecule has 0 N–H and O–H groups in total. The molecule has 2 heterocycles. The molecule has 0 fully saturated rings. The molecular formula is C15H13ClN4O2. The zero-order chi connectivity index (χ0) is 16.0. The van der Waals surface area contributed by atoms with Crippen LogP contribution in [0.2, 0.25) is 5.02 Å². The molecular weight excluding hydrogens is 304 g/mol. The molecule has 1 aromatic carbocycles. The van der Waals surface area contributed by atoms with Crippen molar-refractivity contribution in [2.45, 2.75) is 0 Å². The van der Waals surface area contributed by atoms with Crippen LogP contribution in [0.3, 0.4) is 0 Å². The van der Waals surface area contributed by atoms with Crippen molar-refractivity contribution in [1.82, 2.24) is 18.9 Å². The summed E-state index contributed by atoms with van der Waals surface area (Å²) < 4.78 is 3.89. The third-order valence-electron chi connectivity index (χ3n) is 3.58. The van der Waals surface area contributed by atoms with Gasteiger partial charge in [-0.25, -0.2) is 9.48 Å².